The van der Waals surface area contributed by atoms with Gasteiger partial charge < -0.3 is 14.1 Å². The molecule has 2 aromatic heterocycles. The van der Waals surface area contributed by atoms with Gasteiger partial charge in [-0.15, -0.1) is 0 Å². The predicted molar refractivity (Wildman–Crippen MR) is 132 cm³/mol. The fourth-order valence-corrected chi connectivity index (χ4v) is 4.76. The number of benzene rings is 1. The third-order valence-electron chi connectivity index (χ3n) is 6.76. The first kappa shape index (κ1) is 22.3. The molecule has 0 spiro atoms. The van der Waals surface area contributed by atoms with Crippen LogP contribution in [0.25, 0.3) is 11.0 Å². The van der Waals surface area contributed by atoms with Crippen molar-refractivity contribution in [3.63, 3.8) is 0 Å². The maximum atomic E-state index is 11.6. The molecule has 4 heterocycles. The first-order chi connectivity index (χ1) is 16.6. The number of fused-ring (bicyclic) bond motifs is 1. The molecule has 0 atom stereocenters. The number of oxime groups is 1. The van der Waals surface area contributed by atoms with E-state index in [9.17, 15) is 4.79 Å². The number of hydrogen-bond donors (Lipinski definition) is 0. The predicted octanol–water partition coefficient (Wildman–Crippen LogP) is 4.73. The number of methoxy groups -OCH3 is 1. The number of likely N-dealkylation sites (tertiary alicyclic amines) is 1. The van der Waals surface area contributed by atoms with Crippen LogP contribution in [0.5, 0.6) is 0 Å². The zero-order valence-electron chi connectivity index (χ0n) is 19.7. The molecule has 0 bridgehead atoms. The Morgan fingerprint density at radius 1 is 1.15 bits per heavy atom. The topological polar surface area (TPSA) is 69.0 Å². The standard InChI is InChI=1S/C27H30N4O3/c1-19-3-8-25(29-34-19)18-30-12-9-21(10-13-30)24-15-23-11-14-31(26(23)28-16-24)17-20-4-6-22(7-5-20)27(32)33-2/h3-7,11,14-16,21H,8-10,12-13,17-18H2,1-2H3. The summed E-state index contributed by atoms with van der Waals surface area (Å²) in [7, 11) is 1.40. The number of carbonyl (C=O) groups excluding carboxylic acids is 1. The van der Waals surface area contributed by atoms with E-state index in [0.29, 0.717) is 18.0 Å². The minimum atomic E-state index is -0.318. The van der Waals surface area contributed by atoms with E-state index in [2.05, 4.69) is 39.0 Å². The minimum Gasteiger partial charge on any atom is -0.465 e. The van der Waals surface area contributed by atoms with Gasteiger partial charge in [-0.05, 0) is 80.2 Å². The van der Waals surface area contributed by atoms with E-state index in [1.54, 1.807) is 12.1 Å². The molecule has 34 heavy (non-hydrogen) atoms. The number of aromatic nitrogens is 2. The van der Waals surface area contributed by atoms with E-state index >= 15 is 0 Å². The van der Waals surface area contributed by atoms with Gasteiger partial charge in [0.15, 0.2) is 0 Å². The highest BCUT2D eigenvalue weighted by atomic mass is 16.6. The molecule has 7 heteroatoms. The number of nitrogens with zero attached hydrogens (tertiary/aromatic N) is 4. The summed E-state index contributed by atoms with van der Waals surface area (Å²) in [5, 5.41) is 5.41. The van der Waals surface area contributed by atoms with E-state index in [0.717, 1.165) is 61.6 Å². The smallest absolute Gasteiger partial charge is 0.337 e. The number of esters is 1. The first-order valence-electron chi connectivity index (χ1n) is 11.8. The third-order valence-corrected chi connectivity index (χ3v) is 6.76. The zero-order valence-corrected chi connectivity index (χ0v) is 19.7. The summed E-state index contributed by atoms with van der Waals surface area (Å²) in [6.07, 6.45) is 9.37. The molecule has 2 aliphatic rings. The van der Waals surface area contributed by atoms with Crippen LogP contribution in [0.15, 0.2) is 65.8 Å². The van der Waals surface area contributed by atoms with Crippen molar-refractivity contribution in [1.29, 1.82) is 0 Å². The Morgan fingerprint density at radius 2 is 1.94 bits per heavy atom. The van der Waals surface area contributed by atoms with Crippen molar-refractivity contribution in [3.8, 4) is 0 Å². The average Bonchev–Trinajstić information content (AvgIpc) is 3.27. The first-order valence-corrected chi connectivity index (χ1v) is 11.8. The summed E-state index contributed by atoms with van der Waals surface area (Å²) >= 11 is 0. The quantitative estimate of drug-likeness (QED) is 0.500. The molecule has 0 N–H and O–H groups in total. The van der Waals surface area contributed by atoms with Gasteiger partial charge in [-0.3, -0.25) is 4.90 Å². The zero-order chi connectivity index (χ0) is 23.5. The van der Waals surface area contributed by atoms with Gasteiger partial charge in [-0.25, -0.2) is 9.78 Å². The van der Waals surface area contributed by atoms with Crippen molar-refractivity contribution in [2.24, 2.45) is 5.16 Å². The van der Waals surface area contributed by atoms with Gasteiger partial charge in [0, 0.05) is 37.3 Å². The van der Waals surface area contributed by atoms with E-state index in [4.69, 9.17) is 14.6 Å². The van der Waals surface area contributed by atoms with Crippen LogP contribution in [-0.2, 0) is 16.1 Å². The highest BCUT2D eigenvalue weighted by Gasteiger charge is 2.23. The van der Waals surface area contributed by atoms with Crippen LogP contribution in [0.3, 0.4) is 0 Å². The summed E-state index contributed by atoms with van der Waals surface area (Å²) < 4.78 is 6.93. The van der Waals surface area contributed by atoms with Gasteiger partial charge >= 0.3 is 5.97 Å². The Morgan fingerprint density at radius 3 is 2.65 bits per heavy atom. The second-order valence-corrected chi connectivity index (χ2v) is 9.13. The van der Waals surface area contributed by atoms with E-state index in [1.807, 2.05) is 25.3 Å². The molecule has 0 aliphatic carbocycles. The second kappa shape index (κ2) is 9.81. The highest BCUT2D eigenvalue weighted by Crippen LogP contribution is 2.30. The molecule has 7 nitrogen and oxygen atoms in total. The van der Waals surface area contributed by atoms with Crippen molar-refractivity contribution in [3.05, 3.63) is 77.3 Å². The lowest BCUT2D eigenvalue weighted by atomic mass is 9.90. The van der Waals surface area contributed by atoms with Crippen molar-refractivity contribution in [1.82, 2.24) is 14.5 Å². The van der Waals surface area contributed by atoms with Crippen LogP contribution in [-0.4, -0.2) is 52.9 Å². The molecule has 1 saturated heterocycles. The van der Waals surface area contributed by atoms with Crippen LogP contribution in [0.2, 0.25) is 0 Å². The monoisotopic (exact) mass is 458 g/mol. The normalized spacial score (nSPS) is 17.2. The molecule has 0 unspecified atom stereocenters. The van der Waals surface area contributed by atoms with Gasteiger partial charge in [0.2, 0.25) is 0 Å². The number of rotatable bonds is 6. The van der Waals surface area contributed by atoms with E-state index in [1.165, 1.54) is 18.1 Å². The number of carbonyl (C=O) groups is 1. The molecule has 2 aliphatic heterocycles. The Labute approximate surface area is 199 Å². The lowest BCUT2D eigenvalue weighted by molar-refractivity contribution is 0.0600. The van der Waals surface area contributed by atoms with Crippen molar-refractivity contribution >= 4 is 22.7 Å². The third kappa shape index (κ3) is 4.89. The van der Waals surface area contributed by atoms with Crippen LogP contribution in [0.4, 0.5) is 0 Å². The fourth-order valence-electron chi connectivity index (χ4n) is 4.76. The highest BCUT2D eigenvalue weighted by molar-refractivity contribution is 5.89. The van der Waals surface area contributed by atoms with E-state index < -0.39 is 0 Å². The molecule has 1 fully saturated rings. The summed E-state index contributed by atoms with van der Waals surface area (Å²) in [5.74, 6) is 1.10. The summed E-state index contributed by atoms with van der Waals surface area (Å²) in [6, 6.07) is 12.0. The Kier molecular flexibility index (Phi) is 6.45. The maximum Gasteiger partial charge on any atom is 0.337 e. The van der Waals surface area contributed by atoms with Crippen LogP contribution >= 0.6 is 0 Å². The molecule has 0 radical (unpaired) electrons. The molecule has 3 aromatic rings. The molecule has 0 amide bonds. The Bertz CT molecular complexity index is 1230. The lowest BCUT2D eigenvalue weighted by Crippen LogP contribution is -2.37. The molecule has 5 rings (SSSR count). The summed E-state index contributed by atoms with van der Waals surface area (Å²) in [4.78, 5) is 24.3. The van der Waals surface area contributed by atoms with Crippen molar-refractivity contribution in [2.75, 3.05) is 26.7 Å². The van der Waals surface area contributed by atoms with Crippen LogP contribution < -0.4 is 0 Å². The molecule has 1 aromatic carbocycles. The minimum absolute atomic E-state index is 0.318. The largest absolute Gasteiger partial charge is 0.465 e. The second-order valence-electron chi connectivity index (χ2n) is 9.13. The van der Waals surface area contributed by atoms with Crippen molar-refractivity contribution in [2.45, 2.75) is 38.6 Å². The van der Waals surface area contributed by atoms with Gasteiger partial charge in [0.05, 0.1) is 18.4 Å². The molecule has 0 saturated carbocycles. The number of piperidine rings is 1. The Balaban J connectivity index is 1.21. The number of pyridine rings is 1. The van der Waals surface area contributed by atoms with E-state index in [-0.39, 0.29) is 5.97 Å². The fraction of sp³-hybridized carbons (Fsp3) is 0.370. The van der Waals surface area contributed by atoms with Gasteiger partial charge in [-0.1, -0.05) is 17.3 Å². The van der Waals surface area contributed by atoms with Crippen LogP contribution in [0.1, 0.15) is 53.6 Å². The Hall–Kier alpha value is -3.45. The molecule has 176 valence electrons. The van der Waals surface area contributed by atoms with Crippen molar-refractivity contribution < 1.29 is 14.4 Å². The summed E-state index contributed by atoms with van der Waals surface area (Å²) in [6.45, 7) is 5.66. The SMILES string of the molecule is COC(=O)c1ccc(Cn2ccc3cc(C4CCN(CC5=NOC(C)=CC5)CC4)cnc32)cc1. The van der Waals surface area contributed by atoms with Gasteiger partial charge in [0.1, 0.15) is 11.4 Å². The number of ether oxygens (including phenoxy) is 1. The number of allylic oxidation sites excluding steroid dienone is 2. The molecular weight excluding hydrogens is 428 g/mol. The average molecular weight is 459 g/mol. The van der Waals surface area contributed by atoms with Crippen LogP contribution in [0, 0.1) is 0 Å². The maximum absolute atomic E-state index is 11.6. The molecular formula is C27H30N4O3. The van der Waals surface area contributed by atoms with Gasteiger partial charge in [0.25, 0.3) is 0 Å². The van der Waals surface area contributed by atoms with Gasteiger partial charge in [-0.2, -0.15) is 0 Å². The lowest BCUT2D eigenvalue weighted by Gasteiger charge is -2.32. The number of hydrogen-bond acceptors (Lipinski definition) is 6. The summed E-state index contributed by atoms with van der Waals surface area (Å²) in [5.41, 5.74) is 5.08.